The van der Waals surface area contributed by atoms with Crippen LogP contribution < -0.4 is 4.74 Å². The lowest BCUT2D eigenvalue weighted by molar-refractivity contribution is 0.273. The van der Waals surface area contributed by atoms with Gasteiger partial charge in [0.05, 0.1) is 0 Å². The smallest absolute Gasteiger partial charge is 0.146 e. The van der Waals surface area contributed by atoms with Gasteiger partial charge in [-0.1, -0.05) is 18.2 Å². The first-order valence-electron chi connectivity index (χ1n) is 6.09. The van der Waals surface area contributed by atoms with Crippen LogP contribution >= 0.6 is 0 Å². The molecule has 0 spiro atoms. The molecule has 1 heterocycles. The Balaban J connectivity index is 1.80. The van der Waals surface area contributed by atoms with Gasteiger partial charge in [0.15, 0.2) is 0 Å². The van der Waals surface area contributed by atoms with E-state index < -0.39 is 0 Å². The standard InChI is InChI=1S/C16H13FO2/c1-11-4-2-7-16-15(11)9-14(19-16)10-18-13-6-3-5-12(17)8-13/h2-9H,10H2,1H3. The molecule has 2 aromatic carbocycles. The van der Waals surface area contributed by atoms with E-state index in [0.29, 0.717) is 5.75 Å². The molecule has 19 heavy (non-hydrogen) atoms. The molecule has 0 radical (unpaired) electrons. The van der Waals surface area contributed by atoms with Crippen LogP contribution in [-0.4, -0.2) is 0 Å². The Hall–Kier alpha value is -2.29. The van der Waals surface area contributed by atoms with E-state index in [1.807, 2.05) is 31.2 Å². The maximum absolute atomic E-state index is 13.0. The predicted molar refractivity (Wildman–Crippen MR) is 71.7 cm³/mol. The highest BCUT2D eigenvalue weighted by atomic mass is 19.1. The van der Waals surface area contributed by atoms with Crippen LogP contribution in [0.2, 0.25) is 0 Å². The number of hydrogen-bond acceptors (Lipinski definition) is 2. The summed E-state index contributed by atoms with van der Waals surface area (Å²) in [6, 6.07) is 14.0. The zero-order chi connectivity index (χ0) is 13.2. The molecule has 2 nitrogen and oxygen atoms in total. The summed E-state index contributed by atoms with van der Waals surface area (Å²) in [5.74, 6) is 0.920. The number of halogens is 1. The lowest BCUT2D eigenvalue weighted by atomic mass is 10.1. The van der Waals surface area contributed by atoms with Gasteiger partial charge >= 0.3 is 0 Å². The van der Waals surface area contributed by atoms with Gasteiger partial charge in [-0.3, -0.25) is 0 Å². The summed E-state index contributed by atoms with van der Waals surface area (Å²) in [7, 11) is 0. The summed E-state index contributed by atoms with van der Waals surface area (Å²) >= 11 is 0. The van der Waals surface area contributed by atoms with Crippen LogP contribution in [0.15, 0.2) is 52.9 Å². The van der Waals surface area contributed by atoms with Gasteiger partial charge in [0.1, 0.15) is 29.5 Å². The molecule has 3 rings (SSSR count). The van der Waals surface area contributed by atoms with Crippen molar-refractivity contribution in [3.8, 4) is 5.75 Å². The fourth-order valence-electron chi connectivity index (χ4n) is 2.04. The van der Waals surface area contributed by atoms with Crippen LogP contribution in [0, 0.1) is 12.7 Å². The molecule has 0 atom stereocenters. The fraction of sp³-hybridized carbons (Fsp3) is 0.125. The highest BCUT2D eigenvalue weighted by Gasteiger charge is 2.06. The molecule has 0 aliphatic rings. The Labute approximate surface area is 110 Å². The van der Waals surface area contributed by atoms with Crippen LogP contribution in [0.4, 0.5) is 4.39 Å². The summed E-state index contributed by atoms with van der Waals surface area (Å²) in [4.78, 5) is 0. The third kappa shape index (κ3) is 2.45. The Morgan fingerprint density at radius 3 is 2.74 bits per heavy atom. The highest BCUT2D eigenvalue weighted by molar-refractivity contribution is 5.81. The minimum atomic E-state index is -0.307. The number of benzene rings is 2. The third-order valence-electron chi connectivity index (χ3n) is 3.01. The second kappa shape index (κ2) is 4.76. The van der Waals surface area contributed by atoms with Gasteiger partial charge in [0, 0.05) is 11.5 Å². The molecule has 0 amide bonds. The van der Waals surface area contributed by atoms with Gasteiger partial charge in [-0.25, -0.2) is 4.39 Å². The van der Waals surface area contributed by atoms with Gasteiger partial charge in [-0.15, -0.1) is 0 Å². The average Bonchev–Trinajstić information content (AvgIpc) is 2.81. The molecule has 3 aromatic rings. The summed E-state index contributed by atoms with van der Waals surface area (Å²) in [6.45, 7) is 2.33. The van der Waals surface area contributed by atoms with Crippen molar-refractivity contribution in [3.63, 3.8) is 0 Å². The fourth-order valence-corrected chi connectivity index (χ4v) is 2.04. The van der Waals surface area contributed by atoms with Crippen LogP contribution in [0.3, 0.4) is 0 Å². The number of rotatable bonds is 3. The van der Waals surface area contributed by atoms with Crippen molar-refractivity contribution in [2.24, 2.45) is 0 Å². The molecule has 0 aliphatic carbocycles. The molecule has 1 aromatic heterocycles. The van der Waals surface area contributed by atoms with E-state index in [4.69, 9.17) is 9.15 Å². The summed E-state index contributed by atoms with van der Waals surface area (Å²) in [6.07, 6.45) is 0. The van der Waals surface area contributed by atoms with E-state index in [2.05, 4.69) is 0 Å². The van der Waals surface area contributed by atoms with Crippen molar-refractivity contribution < 1.29 is 13.5 Å². The quantitative estimate of drug-likeness (QED) is 0.690. The number of ether oxygens (including phenoxy) is 1. The predicted octanol–water partition coefficient (Wildman–Crippen LogP) is 4.46. The first-order chi connectivity index (χ1) is 9.22. The number of aryl methyl sites for hydroxylation is 1. The zero-order valence-electron chi connectivity index (χ0n) is 10.5. The van der Waals surface area contributed by atoms with Gasteiger partial charge in [0.2, 0.25) is 0 Å². The lowest BCUT2D eigenvalue weighted by Gasteiger charge is -2.03. The minimum absolute atomic E-state index is 0.289. The van der Waals surface area contributed by atoms with Crippen LogP contribution in [0.1, 0.15) is 11.3 Å². The zero-order valence-corrected chi connectivity index (χ0v) is 10.5. The summed E-state index contributed by atoms with van der Waals surface area (Å²) < 4.78 is 24.2. The summed E-state index contributed by atoms with van der Waals surface area (Å²) in [5, 5.41) is 1.08. The van der Waals surface area contributed by atoms with E-state index in [-0.39, 0.29) is 12.4 Å². The Morgan fingerprint density at radius 1 is 1.11 bits per heavy atom. The number of furan rings is 1. The van der Waals surface area contributed by atoms with E-state index >= 15 is 0 Å². The molecular weight excluding hydrogens is 243 g/mol. The van der Waals surface area contributed by atoms with E-state index in [1.54, 1.807) is 12.1 Å². The van der Waals surface area contributed by atoms with Crippen molar-refractivity contribution in [1.29, 1.82) is 0 Å². The SMILES string of the molecule is Cc1cccc2oc(COc3cccc(F)c3)cc12. The van der Waals surface area contributed by atoms with E-state index in [9.17, 15) is 4.39 Å². The number of fused-ring (bicyclic) bond motifs is 1. The van der Waals surface area contributed by atoms with Gasteiger partial charge in [-0.05, 0) is 36.8 Å². The minimum Gasteiger partial charge on any atom is -0.486 e. The van der Waals surface area contributed by atoms with Crippen molar-refractivity contribution in [3.05, 3.63) is 65.7 Å². The maximum Gasteiger partial charge on any atom is 0.146 e. The van der Waals surface area contributed by atoms with Crippen LogP contribution in [0.5, 0.6) is 5.75 Å². The van der Waals surface area contributed by atoms with Gasteiger partial charge in [0.25, 0.3) is 0 Å². The Bertz CT molecular complexity index is 716. The number of hydrogen-bond donors (Lipinski definition) is 0. The largest absolute Gasteiger partial charge is 0.486 e. The highest BCUT2D eigenvalue weighted by Crippen LogP contribution is 2.23. The Morgan fingerprint density at radius 2 is 1.95 bits per heavy atom. The molecule has 3 heteroatoms. The van der Waals surface area contributed by atoms with Crippen molar-refractivity contribution in [2.75, 3.05) is 0 Å². The second-order valence-electron chi connectivity index (χ2n) is 4.45. The molecule has 0 fully saturated rings. The molecule has 0 aliphatic heterocycles. The molecule has 0 saturated carbocycles. The van der Waals surface area contributed by atoms with Crippen molar-refractivity contribution in [1.82, 2.24) is 0 Å². The van der Waals surface area contributed by atoms with E-state index in [1.165, 1.54) is 17.7 Å². The Kier molecular flexibility index (Phi) is 2.95. The molecule has 96 valence electrons. The van der Waals surface area contributed by atoms with Crippen LogP contribution in [0.25, 0.3) is 11.0 Å². The third-order valence-corrected chi connectivity index (χ3v) is 3.01. The van der Waals surface area contributed by atoms with Gasteiger partial charge in [-0.2, -0.15) is 0 Å². The van der Waals surface area contributed by atoms with Crippen LogP contribution in [-0.2, 0) is 6.61 Å². The molecule has 0 N–H and O–H groups in total. The molecule has 0 unspecified atom stereocenters. The molecule has 0 bridgehead atoms. The monoisotopic (exact) mass is 256 g/mol. The normalized spacial score (nSPS) is 10.8. The van der Waals surface area contributed by atoms with Crippen molar-refractivity contribution >= 4 is 11.0 Å². The maximum atomic E-state index is 13.0. The molecule has 0 saturated heterocycles. The topological polar surface area (TPSA) is 22.4 Å². The molecular formula is C16H13FO2. The lowest BCUT2D eigenvalue weighted by Crippen LogP contribution is -1.93. The van der Waals surface area contributed by atoms with Gasteiger partial charge < -0.3 is 9.15 Å². The first kappa shape index (κ1) is 11.8. The summed E-state index contributed by atoms with van der Waals surface area (Å²) in [5.41, 5.74) is 2.01. The second-order valence-corrected chi connectivity index (χ2v) is 4.45. The first-order valence-corrected chi connectivity index (χ1v) is 6.09. The average molecular weight is 256 g/mol. The van der Waals surface area contributed by atoms with Crippen molar-refractivity contribution in [2.45, 2.75) is 13.5 Å². The van der Waals surface area contributed by atoms with E-state index in [0.717, 1.165) is 16.7 Å².